The van der Waals surface area contributed by atoms with Crippen molar-refractivity contribution in [2.24, 2.45) is 12.8 Å². The highest BCUT2D eigenvalue weighted by molar-refractivity contribution is 9.10. The third kappa shape index (κ3) is 3.08. The van der Waals surface area contributed by atoms with E-state index in [0.29, 0.717) is 6.54 Å². The van der Waals surface area contributed by atoms with Crippen LogP contribution in [0.1, 0.15) is 5.56 Å². The summed E-state index contributed by atoms with van der Waals surface area (Å²) in [4.78, 5) is 1.13. The summed E-state index contributed by atoms with van der Waals surface area (Å²) in [6, 6.07) is 6.26. The summed E-state index contributed by atoms with van der Waals surface area (Å²) in [7, 11) is 1.93. The van der Waals surface area contributed by atoms with Crippen molar-refractivity contribution in [1.29, 1.82) is 0 Å². The number of hydrogen-bond acceptors (Lipinski definition) is 4. The van der Waals surface area contributed by atoms with E-state index in [1.165, 1.54) is 5.56 Å². The highest BCUT2D eigenvalue weighted by Crippen LogP contribution is 2.29. The largest absolute Gasteiger partial charge is 0.330 e. The maximum Gasteiger partial charge on any atom is 0.195 e. The lowest BCUT2D eigenvalue weighted by molar-refractivity contribution is 0.788. The Morgan fingerprint density at radius 2 is 2.29 bits per heavy atom. The summed E-state index contributed by atoms with van der Waals surface area (Å²) in [5.41, 5.74) is 6.78. The van der Waals surface area contributed by atoms with Crippen LogP contribution in [0.5, 0.6) is 0 Å². The molecule has 17 heavy (non-hydrogen) atoms. The lowest BCUT2D eigenvalue weighted by Gasteiger charge is -2.05. The predicted octanol–water partition coefficient (Wildman–Crippen LogP) is 2.23. The second-order valence-electron chi connectivity index (χ2n) is 3.62. The third-order valence-corrected chi connectivity index (χ3v) is 4.10. The molecule has 0 aliphatic rings. The Morgan fingerprint density at radius 3 is 2.88 bits per heavy atom. The van der Waals surface area contributed by atoms with Crippen LogP contribution in [0.2, 0.25) is 0 Å². The summed E-state index contributed by atoms with van der Waals surface area (Å²) in [6.07, 6.45) is 2.58. The van der Waals surface area contributed by atoms with Gasteiger partial charge in [-0.05, 0) is 42.4 Å². The SMILES string of the molecule is Cn1cnnc1Sc1ccc(CCN)c(Br)c1. The molecule has 2 aromatic rings. The van der Waals surface area contributed by atoms with Crippen molar-refractivity contribution in [3.8, 4) is 0 Å². The van der Waals surface area contributed by atoms with Gasteiger partial charge in [-0.25, -0.2) is 0 Å². The van der Waals surface area contributed by atoms with Crippen LogP contribution in [-0.2, 0) is 13.5 Å². The molecule has 2 rings (SSSR count). The van der Waals surface area contributed by atoms with Gasteiger partial charge in [0, 0.05) is 16.4 Å². The first-order valence-electron chi connectivity index (χ1n) is 5.21. The van der Waals surface area contributed by atoms with Gasteiger partial charge in [0.25, 0.3) is 0 Å². The van der Waals surface area contributed by atoms with Crippen molar-refractivity contribution in [2.75, 3.05) is 6.54 Å². The van der Waals surface area contributed by atoms with Crippen molar-refractivity contribution in [2.45, 2.75) is 16.5 Å². The molecule has 0 saturated heterocycles. The van der Waals surface area contributed by atoms with Crippen LogP contribution in [0.3, 0.4) is 0 Å². The molecule has 0 fully saturated rings. The molecule has 4 nitrogen and oxygen atoms in total. The molecule has 0 spiro atoms. The zero-order chi connectivity index (χ0) is 12.3. The van der Waals surface area contributed by atoms with Gasteiger partial charge in [0.2, 0.25) is 0 Å². The summed E-state index contributed by atoms with van der Waals surface area (Å²) in [5.74, 6) is 0. The van der Waals surface area contributed by atoms with Gasteiger partial charge in [0.05, 0.1) is 0 Å². The van der Waals surface area contributed by atoms with Crippen molar-refractivity contribution in [1.82, 2.24) is 14.8 Å². The van der Waals surface area contributed by atoms with E-state index < -0.39 is 0 Å². The Morgan fingerprint density at radius 1 is 1.47 bits per heavy atom. The molecule has 90 valence electrons. The maximum absolute atomic E-state index is 5.55. The Labute approximate surface area is 113 Å². The lowest BCUT2D eigenvalue weighted by atomic mass is 10.1. The van der Waals surface area contributed by atoms with Gasteiger partial charge in [0.1, 0.15) is 6.33 Å². The lowest BCUT2D eigenvalue weighted by Crippen LogP contribution is -2.03. The van der Waals surface area contributed by atoms with Crippen LogP contribution < -0.4 is 5.73 Å². The molecule has 0 amide bonds. The number of aryl methyl sites for hydroxylation is 1. The Kier molecular flexibility index (Phi) is 4.20. The average Bonchev–Trinajstić information content (AvgIpc) is 2.69. The van der Waals surface area contributed by atoms with Gasteiger partial charge < -0.3 is 10.3 Å². The Bertz CT molecular complexity index is 512. The first-order valence-corrected chi connectivity index (χ1v) is 6.82. The predicted molar refractivity (Wildman–Crippen MR) is 72.0 cm³/mol. The van der Waals surface area contributed by atoms with Crippen molar-refractivity contribution >= 4 is 27.7 Å². The summed E-state index contributed by atoms with van der Waals surface area (Å²) in [5, 5.41) is 8.77. The smallest absolute Gasteiger partial charge is 0.195 e. The fourth-order valence-corrected chi connectivity index (χ4v) is 2.95. The van der Waals surface area contributed by atoms with Gasteiger partial charge in [-0.1, -0.05) is 22.0 Å². The topological polar surface area (TPSA) is 56.7 Å². The monoisotopic (exact) mass is 312 g/mol. The minimum absolute atomic E-state index is 0.661. The van der Waals surface area contributed by atoms with Crippen LogP contribution in [0.25, 0.3) is 0 Å². The van der Waals surface area contributed by atoms with Gasteiger partial charge in [-0.2, -0.15) is 0 Å². The number of aromatic nitrogens is 3. The van der Waals surface area contributed by atoms with E-state index in [-0.39, 0.29) is 0 Å². The normalized spacial score (nSPS) is 10.8. The maximum atomic E-state index is 5.55. The molecule has 0 aliphatic carbocycles. The van der Waals surface area contributed by atoms with E-state index in [4.69, 9.17) is 5.73 Å². The van der Waals surface area contributed by atoms with E-state index in [2.05, 4.69) is 44.3 Å². The molecule has 1 aromatic carbocycles. The van der Waals surface area contributed by atoms with E-state index in [9.17, 15) is 0 Å². The van der Waals surface area contributed by atoms with E-state index in [1.807, 2.05) is 11.6 Å². The Hall–Kier alpha value is -0.850. The second-order valence-corrected chi connectivity index (χ2v) is 5.51. The van der Waals surface area contributed by atoms with E-state index in [1.54, 1.807) is 18.1 Å². The van der Waals surface area contributed by atoms with Crippen LogP contribution in [0.4, 0.5) is 0 Å². The van der Waals surface area contributed by atoms with Gasteiger partial charge in [-0.15, -0.1) is 10.2 Å². The van der Waals surface area contributed by atoms with Crippen molar-refractivity contribution in [3.05, 3.63) is 34.6 Å². The fraction of sp³-hybridized carbons (Fsp3) is 0.273. The summed E-state index contributed by atoms with van der Waals surface area (Å²) >= 11 is 5.15. The van der Waals surface area contributed by atoms with Gasteiger partial charge in [-0.3, -0.25) is 0 Å². The number of nitrogens with zero attached hydrogens (tertiary/aromatic N) is 3. The number of benzene rings is 1. The minimum Gasteiger partial charge on any atom is -0.330 e. The van der Waals surface area contributed by atoms with Crippen LogP contribution in [0, 0.1) is 0 Å². The number of nitrogens with two attached hydrogens (primary N) is 1. The standard InChI is InChI=1S/C11H13BrN4S/c1-16-7-14-15-11(16)17-9-3-2-8(4-5-13)10(12)6-9/h2-3,6-7H,4-5,13H2,1H3. The molecule has 0 unspecified atom stereocenters. The summed E-state index contributed by atoms with van der Waals surface area (Å²) in [6.45, 7) is 0.661. The van der Waals surface area contributed by atoms with Crippen LogP contribution in [-0.4, -0.2) is 21.3 Å². The molecule has 0 bridgehead atoms. The molecule has 0 radical (unpaired) electrons. The number of hydrogen-bond donors (Lipinski definition) is 1. The highest BCUT2D eigenvalue weighted by atomic mass is 79.9. The zero-order valence-corrected chi connectivity index (χ0v) is 11.8. The second kappa shape index (κ2) is 5.66. The van der Waals surface area contributed by atoms with E-state index in [0.717, 1.165) is 20.9 Å². The minimum atomic E-state index is 0.661. The number of halogens is 1. The quantitative estimate of drug-likeness (QED) is 0.940. The van der Waals surface area contributed by atoms with Crippen LogP contribution >= 0.6 is 27.7 Å². The van der Waals surface area contributed by atoms with Crippen LogP contribution in [0.15, 0.2) is 39.1 Å². The first-order chi connectivity index (χ1) is 8.20. The van der Waals surface area contributed by atoms with Gasteiger partial charge >= 0.3 is 0 Å². The van der Waals surface area contributed by atoms with E-state index >= 15 is 0 Å². The van der Waals surface area contributed by atoms with Crippen molar-refractivity contribution < 1.29 is 0 Å². The number of rotatable bonds is 4. The highest BCUT2D eigenvalue weighted by Gasteiger charge is 2.06. The molecule has 1 heterocycles. The first kappa shape index (κ1) is 12.6. The van der Waals surface area contributed by atoms with Gasteiger partial charge in [0.15, 0.2) is 5.16 Å². The third-order valence-electron chi connectivity index (χ3n) is 2.32. The van der Waals surface area contributed by atoms with Crippen molar-refractivity contribution in [3.63, 3.8) is 0 Å². The molecule has 0 saturated carbocycles. The molecule has 6 heteroatoms. The average molecular weight is 313 g/mol. The molecule has 0 aliphatic heterocycles. The summed E-state index contributed by atoms with van der Waals surface area (Å²) < 4.78 is 2.99. The Balaban J connectivity index is 2.18. The molecular formula is C11H13BrN4S. The fourth-order valence-electron chi connectivity index (χ4n) is 1.42. The molecule has 0 atom stereocenters. The molecule has 2 N–H and O–H groups in total. The molecule has 1 aromatic heterocycles. The molecular weight excluding hydrogens is 300 g/mol. The zero-order valence-electron chi connectivity index (χ0n) is 9.43.